The van der Waals surface area contributed by atoms with E-state index >= 15 is 0 Å². The van der Waals surface area contributed by atoms with E-state index in [9.17, 15) is 35.9 Å². The molecule has 2 amide bonds. The lowest BCUT2D eigenvalue weighted by molar-refractivity contribution is -0.142. The van der Waals surface area contributed by atoms with Gasteiger partial charge in [-0.15, -0.1) is 0 Å². The number of nitrogens with one attached hydrogen (secondary N) is 3. The Morgan fingerprint density at radius 1 is 0.930 bits per heavy atom. The molecule has 0 saturated heterocycles. The fourth-order valence-corrected chi connectivity index (χ4v) is 6.71. The predicted molar refractivity (Wildman–Crippen MR) is 188 cm³/mol. The molecule has 1 saturated carbocycles. The molecule has 3 atom stereocenters. The SMILES string of the molecule is CC(C)(Cn1nc(C(F)(F)F)cc1-c1cn[nH]n1)NC(=O)[C@@H](Cc1cnc2ncccn12)NC(=O)[C@H]1C[C@@H]1c1ccc(-c2cnc3nc(C(F)(F)F)cn3c2)cc1. The molecule has 1 fully saturated rings. The van der Waals surface area contributed by atoms with Gasteiger partial charge in [0, 0.05) is 54.6 Å². The van der Waals surface area contributed by atoms with Crippen molar-refractivity contribution in [3.05, 3.63) is 102 Å². The highest BCUT2D eigenvalue weighted by Gasteiger charge is 2.45. The lowest BCUT2D eigenvalue weighted by Crippen LogP contribution is -2.55. The third kappa shape index (κ3) is 7.76. The summed E-state index contributed by atoms with van der Waals surface area (Å²) < 4.78 is 84.5. The van der Waals surface area contributed by atoms with Crippen LogP contribution in [0.1, 0.15) is 48.8 Å². The Morgan fingerprint density at radius 2 is 1.68 bits per heavy atom. The zero-order valence-electron chi connectivity index (χ0n) is 29.9. The standard InChI is InChI=1S/C36H31F6N13O2/c1-34(2,18-55-27(26-15-46-52-50-26)12-28(51-55)35(37,38)39)49-31(57)25(10-22-14-45-32-43-8-3-9-54(22)32)47-30(56)24-11-23(24)20-6-4-19(5-7-20)21-13-44-33-48-29(36(40,41)42)17-53(33)16-21/h3-9,12-17,23-25H,10-11,18H2,1-2H3,(H,47,56)(H,49,57)(H,46,50,52)/t23-,24+,25-/m1/s1. The van der Waals surface area contributed by atoms with Crippen LogP contribution in [0.25, 0.3) is 34.1 Å². The van der Waals surface area contributed by atoms with Gasteiger partial charge in [-0.25, -0.2) is 19.9 Å². The molecule has 0 aliphatic heterocycles. The second-order valence-electron chi connectivity index (χ2n) is 14.3. The molecule has 294 valence electrons. The Labute approximate surface area is 317 Å². The van der Waals surface area contributed by atoms with Crippen LogP contribution < -0.4 is 10.6 Å². The van der Waals surface area contributed by atoms with E-state index in [-0.39, 0.29) is 42.0 Å². The van der Waals surface area contributed by atoms with Gasteiger partial charge in [0.15, 0.2) is 11.4 Å². The summed E-state index contributed by atoms with van der Waals surface area (Å²) in [7, 11) is 0. The van der Waals surface area contributed by atoms with Crippen LogP contribution in [0.2, 0.25) is 0 Å². The molecule has 21 heteroatoms. The summed E-state index contributed by atoms with van der Waals surface area (Å²) in [6, 6.07) is 8.66. The van der Waals surface area contributed by atoms with E-state index in [1.54, 1.807) is 55.0 Å². The van der Waals surface area contributed by atoms with Crippen LogP contribution >= 0.6 is 0 Å². The molecule has 0 unspecified atom stereocenters. The molecule has 3 N–H and O–H groups in total. The summed E-state index contributed by atoms with van der Waals surface area (Å²) in [5, 5.41) is 19.5. The van der Waals surface area contributed by atoms with Gasteiger partial charge in [-0.3, -0.25) is 23.1 Å². The first-order valence-electron chi connectivity index (χ1n) is 17.5. The molecule has 7 aromatic rings. The number of imidazole rings is 2. The van der Waals surface area contributed by atoms with Gasteiger partial charge in [-0.05, 0) is 49.4 Å². The van der Waals surface area contributed by atoms with E-state index in [1.165, 1.54) is 23.0 Å². The number of aromatic nitrogens is 11. The van der Waals surface area contributed by atoms with Crippen molar-refractivity contribution in [1.29, 1.82) is 0 Å². The van der Waals surface area contributed by atoms with Gasteiger partial charge >= 0.3 is 12.4 Å². The van der Waals surface area contributed by atoms with Gasteiger partial charge in [-0.2, -0.15) is 46.9 Å². The summed E-state index contributed by atoms with van der Waals surface area (Å²) in [6.07, 6.45) is 1.06. The summed E-state index contributed by atoms with van der Waals surface area (Å²) in [4.78, 5) is 43.9. The van der Waals surface area contributed by atoms with E-state index in [2.05, 4.69) is 51.1 Å². The first-order chi connectivity index (χ1) is 27.0. The molecular weight excluding hydrogens is 760 g/mol. The zero-order chi connectivity index (χ0) is 40.3. The van der Waals surface area contributed by atoms with Crippen molar-refractivity contribution in [2.75, 3.05) is 0 Å². The molecule has 15 nitrogen and oxygen atoms in total. The number of rotatable bonds is 11. The van der Waals surface area contributed by atoms with Crippen LogP contribution in [0.15, 0.2) is 79.8 Å². The smallest absolute Gasteiger partial charge is 0.348 e. The molecule has 6 heterocycles. The maximum Gasteiger partial charge on any atom is 0.435 e. The minimum absolute atomic E-state index is 0.0105. The molecule has 0 radical (unpaired) electrons. The number of aromatic amines is 1. The van der Waals surface area contributed by atoms with Crippen molar-refractivity contribution in [1.82, 2.24) is 64.6 Å². The monoisotopic (exact) mass is 791 g/mol. The van der Waals surface area contributed by atoms with Gasteiger partial charge in [0.2, 0.25) is 23.4 Å². The largest absolute Gasteiger partial charge is 0.435 e. The van der Waals surface area contributed by atoms with Gasteiger partial charge in [-0.1, -0.05) is 24.3 Å². The summed E-state index contributed by atoms with van der Waals surface area (Å²) in [6.45, 7) is 3.04. The first-order valence-corrected chi connectivity index (χ1v) is 17.5. The highest BCUT2D eigenvalue weighted by Crippen LogP contribution is 2.48. The fraction of sp³-hybridized carbons (Fsp3) is 0.306. The number of hydrogen-bond donors (Lipinski definition) is 3. The lowest BCUT2D eigenvalue weighted by atomic mass is 10.0. The minimum atomic E-state index is -4.74. The number of carbonyl (C=O) groups excluding carboxylic acids is 2. The number of fused-ring (bicyclic) bond motifs is 2. The second-order valence-corrected chi connectivity index (χ2v) is 14.3. The molecule has 1 aliphatic carbocycles. The van der Waals surface area contributed by atoms with E-state index in [4.69, 9.17) is 0 Å². The van der Waals surface area contributed by atoms with Gasteiger partial charge < -0.3 is 10.6 Å². The molecule has 1 aromatic carbocycles. The maximum atomic E-state index is 14.0. The molecule has 8 rings (SSSR count). The topological polar surface area (TPSA) is 178 Å². The van der Waals surface area contributed by atoms with Crippen molar-refractivity contribution in [3.8, 4) is 22.5 Å². The van der Waals surface area contributed by atoms with Crippen molar-refractivity contribution in [2.24, 2.45) is 5.92 Å². The first kappa shape index (κ1) is 37.3. The lowest BCUT2D eigenvalue weighted by Gasteiger charge is -2.29. The number of halogens is 6. The maximum absolute atomic E-state index is 14.0. The van der Waals surface area contributed by atoms with Gasteiger partial charge in [0.05, 0.1) is 30.2 Å². The van der Waals surface area contributed by atoms with Crippen molar-refractivity contribution >= 4 is 23.4 Å². The average Bonchev–Trinajstić information content (AvgIpc) is 3.60. The summed E-state index contributed by atoms with van der Waals surface area (Å²) in [5.74, 6) is -1.30. The number of benzene rings is 1. The fourth-order valence-electron chi connectivity index (χ4n) is 6.71. The number of alkyl halides is 6. The Morgan fingerprint density at radius 3 is 2.40 bits per heavy atom. The van der Waals surface area contributed by atoms with E-state index in [0.717, 1.165) is 22.5 Å². The molecule has 0 spiro atoms. The summed E-state index contributed by atoms with van der Waals surface area (Å²) >= 11 is 0. The predicted octanol–water partition coefficient (Wildman–Crippen LogP) is 4.88. The van der Waals surface area contributed by atoms with Crippen molar-refractivity contribution < 1.29 is 35.9 Å². The number of amides is 2. The molecular formula is C36H31F6N13O2. The molecule has 0 bridgehead atoms. The third-order valence-corrected chi connectivity index (χ3v) is 9.57. The van der Waals surface area contributed by atoms with E-state index in [0.29, 0.717) is 29.0 Å². The highest BCUT2D eigenvalue weighted by molar-refractivity contribution is 5.90. The van der Waals surface area contributed by atoms with Crippen LogP contribution in [-0.4, -0.2) is 77.3 Å². The Kier molecular flexibility index (Phi) is 9.03. The average molecular weight is 792 g/mol. The van der Waals surface area contributed by atoms with Crippen LogP contribution in [0.4, 0.5) is 26.3 Å². The van der Waals surface area contributed by atoms with Crippen molar-refractivity contribution in [2.45, 2.75) is 63.1 Å². The quantitative estimate of drug-likeness (QED) is 0.154. The van der Waals surface area contributed by atoms with Crippen LogP contribution in [0.3, 0.4) is 0 Å². The normalized spacial score (nSPS) is 16.6. The highest BCUT2D eigenvalue weighted by atomic mass is 19.4. The van der Waals surface area contributed by atoms with E-state index < -0.39 is 47.1 Å². The van der Waals surface area contributed by atoms with Crippen molar-refractivity contribution in [3.63, 3.8) is 0 Å². The second kappa shape index (κ2) is 13.8. The number of hydrogen-bond acceptors (Lipinski definition) is 9. The summed E-state index contributed by atoms with van der Waals surface area (Å²) in [5.41, 5.74) is -0.535. The zero-order valence-corrected chi connectivity index (χ0v) is 29.9. The van der Waals surface area contributed by atoms with E-state index in [1.807, 2.05) is 12.1 Å². The van der Waals surface area contributed by atoms with Crippen LogP contribution in [0.5, 0.6) is 0 Å². The minimum Gasteiger partial charge on any atom is -0.348 e. The molecule has 1 aliphatic rings. The van der Waals surface area contributed by atoms with Gasteiger partial charge in [0.1, 0.15) is 11.7 Å². The molecule has 57 heavy (non-hydrogen) atoms. The number of carbonyl (C=O) groups is 2. The molecule has 6 aromatic heterocycles. The Bertz CT molecular complexity index is 2590. The van der Waals surface area contributed by atoms with Gasteiger partial charge in [0.25, 0.3) is 0 Å². The van der Waals surface area contributed by atoms with Crippen LogP contribution in [-0.2, 0) is 34.9 Å². The van der Waals surface area contributed by atoms with Crippen LogP contribution in [0, 0.1) is 5.92 Å². The number of H-pyrrole nitrogens is 1. The third-order valence-electron chi connectivity index (χ3n) is 9.57. The Hall–Kier alpha value is -6.67. The number of nitrogens with zero attached hydrogens (tertiary/aromatic N) is 10. The Balaban J connectivity index is 0.983.